The normalized spacial score (nSPS) is 13.4. The minimum absolute atomic E-state index is 0.0470. The summed E-state index contributed by atoms with van der Waals surface area (Å²) in [6.07, 6.45) is -3.58. The summed E-state index contributed by atoms with van der Waals surface area (Å²) in [5.41, 5.74) is 17.8. The zero-order chi connectivity index (χ0) is 29.0. The Hall–Kier alpha value is -4.97. The second-order valence-electron chi connectivity index (χ2n) is 8.83. The van der Waals surface area contributed by atoms with Crippen LogP contribution in [0.3, 0.4) is 0 Å². The number of benzene rings is 3. The SMILES string of the molecule is NC(=O)c1cccc(-c2ccccc2C(F)(Oc2cc(-c3ccc(C[C@H](N)C(=O)O)cc3)nc(N)n2)C(F)F)c1. The van der Waals surface area contributed by atoms with Gasteiger partial charge >= 0.3 is 18.2 Å². The molecule has 1 amide bonds. The second kappa shape index (κ2) is 11.4. The molecule has 1 unspecified atom stereocenters. The van der Waals surface area contributed by atoms with Gasteiger partial charge in [0.25, 0.3) is 0 Å². The molecular formula is C28H24F3N5O4. The molecule has 0 aliphatic heterocycles. The van der Waals surface area contributed by atoms with Crippen LogP contribution in [0, 0.1) is 0 Å². The Labute approximate surface area is 226 Å². The summed E-state index contributed by atoms with van der Waals surface area (Å²) in [6, 6.07) is 17.7. The Balaban J connectivity index is 1.70. The lowest BCUT2D eigenvalue weighted by molar-refractivity contribution is -0.175. The smallest absolute Gasteiger partial charge is 0.336 e. The van der Waals surface area contributed by atoms with E-state index in [4.69, 9.17) is 27.0 Å². The Morgan fingerprint density at radius 1 is 0.950 bits per heavy atom. The van der Waals surface area contributed by atoms with Crippen LogP contribution >= 0.6 is 0 Å². The topological polar surface area (TPSA) is 167 Å². The van der Waals surface area contributed by atoms with Gasteiger partial charge in [-0.15, -0.1) is 0 Å². The number of alkyl halides is 3. The van der Waals surface area contributed by atoms with E-state index >= 15 is 4.39 Å². The van der Waals surface area contributed by atoms with Crippen molar-refractivity contribution in [2.75, 3.05) is 5.73 Å². The summed E-state index contributed by atoms with van der Waals surface area (Å²) < 4.78 is 50.2. The Kier molecular flexibility index (Phi) is 8.00. The van der Waals surface area contributed by atoms with E-state index in [1.807, 2.05) is 0 Å². The molecule has 4 rings (SSSR count). The number of amides is 1. The minimum atomic E-state index is -3.67. The first kappa shape index (κ1) is 28.0. The molecule has 206 valence electrons. The number of carbonyl (C=O) groups excluding carboxylic acids is 1. The number of aromatic nitrogens is 2. The van der Waals surface area contributed by atoms with Crippen molar-refractivity contribution in [3.05, 3.63) is 95.6 Å². The molecule has 2 atom stereocenters. The van der Waals surface area contributed by atoms with Gasteiger partial charge in [0.15, 0.2) is 0 Å². The van der Waals surface area contributed by atoms with E-state index in [1.54, 1.807) is 24.3 Å². The summed E-state index contributed by atoms with van der Waals surface area (Å²) in [5.74, 6) is -6.47. The molecule has 0 bridgehead atoms. The highest BCUT2D eigenvalue weighted by atomic mass is 19.3. The number of ether oxygens (including phenoxy) is 1. The largest absolute Gasteiger partial charge is 0.480 e. The number of carboxylic acid groups (broad SMARTS) is 1. The van der Waals surface area contributed by atoms with Crippen LogP contribution < -0.4 is 21.9 Å². The first-order valence-electron chi connectivity index (χ1n) is 11.9. The summed E-state index contributed by atoms with van der Waals surface area (Å²) in [4.78, 5) is 30.5. The molecule has 1 heterocycles. The van der Waals surface area contributed by atoms with Gasteiger partial charge in [0.2, 0.25) is 17.7 Å². The fraction of sp³-hybridized carbons (Fsp3) is 0.143. The number of nitrogens with zero attached hydrogens (tertiary/aromatic N) is 2. The molecule has 0 spiro atoms. The van der Waals surface area contributed by atoms with Crippen LogP contribution in [0.2, 0.25) is 0 Å². The molecule has 12 heteroatoms. The number of primary amides is 1. The van der Waals surface area contributed by atoms with Crippen LogP contribution in [0.25, 0.3) is 22.4 Å². The third-order valence-corrected chi connectivity index (χ3v) is 6.03. The first-order valence-corrected chi connectivity index (χ1v) is 11.9. The zero-order valence-corrected chi connectivity index (χ0v) is 20.8. The Bertz CT molecular complexity index is 1550. The highest BCUT2D eigenvalue weighted by Gasteiger charge is 2.47. The lowest BCUT2D eigenvalue weighted by Gasteiger charge is -2.27. The van der Waals surface area contributed by atoms with Crippen molar-refractivity contribution in [2.24, 2.45) is 11.5 Å². The fourth-order valence-electron chi connectivity index (χ4n) is 4.04. The third kappa shape index (κ3) is 6.02. The van der Waals surface area contributed by atoms with E-state index in [1.165, 1.54) is 42.5 Å². The fourth-order valence-corrected chi connectivity index (χ4v) is 4.04. The van der Waals surface area contributed by atoms with Crippen LogP contribution in [0.1, 0.15) is 21.5 Å². The van der Waals surface area contributed by atoms with Crippen LogP contribution in [0.4, 0.5) is 19.1 Å². The summed E-state index contributed by atoms with van der Waals surface area (Å²) in [5, 5.41) is 8.99. The average Bonchev–Trinajstić information content (AvgIpc) is 2.93. The van der Waals surface area contributed by atoms with Crippen molar-refractivity contribution >= 4 is 17.8 Å². The molecule has 0 saturated carbocycles. The summed E-state index contributed by atoms with van der Waals surface area (Å²) in [7, 11) is 0. The maximum Gasteiger partial charge on any atom is 0.336 e. The van der Waals surface area contributed by atoms with Crippen LogP contribution in [-0.2, 0) is 17.1 Å². The Morgan fingerprint density at radius 3 is 2.30 bits per heavy atom. The molecule has 1 aromatic heterocycles. The van der Waals surface area contributed by atoms with Gasteiger partial charge in [0, 0.05) is 22.8 Å². The van der Waals surface area contributed by atoms with Crippen LogP contribution in [0.5, 0.6) is 5.88 Å². The van der Waals surface area contributed by atoms with E-state index in [0.717, 1.165) is 12.1 Å². The lowest BCUT2D eigenvalue weighted by Crippen LogP contribution is -2.37. The predicted octanol–water partition coefficient (Wildman–Crippen LogP) is 3.91. The van der Waals surface area contributed by atoms with Gasteiger partial charge in [-0.25, -0.2) is 13.8 Å². The monoisotopic (exact) mass is 551 g/mol. The number of rotatable bonds is 10. The summed E-state index contributed by atoms with van der Waals surface area (Å²) >= 11 is 0. The van der Waals surface area contributed by atoms with Crippen molar-refractivity contribution < 1.29 is 32.6 Å². The van der Waals surface area contributed by atoms with E-state index in [9.17, 15) is 18.4 Å². The van der Waals surface area contributed by atoms with Gasteiger partial charge in [-0.3, -0.25) is 9.59 Å². The molecule has 4 aromatic rings. The number of hydrogen-bond acceptors (Lipinski definition) is 7. The quantitative estimate of drug-likeness (QED) is 0.230. The van der Waals surface area contributed by atoms with Crippen LogP contribution in [0.15, 0.2) is 78.9 Å². The number of carbonyl (C=O) groups is 2. The van der Waals surface area contributed by atoms with Crippen molar-refractivity contribution in [3.8, 4) is 28.3 Å². The van der Waals surface area contributed by atoms with E-state index in [-0.39, 0.29) is 34.8 Å². The second-order valence-corrected chi connectivity index (χ2v) is 8.83. The van der Waals surface area contributed by atoms with Crippen molar-refractivity contribution in [1.29, 1.82) is 0 Å². The van der Waals surface area contributed by atoms with Gasteiger partial charge in [0.05, 0.1) is 5.69 Å². The van der Waals surface area contributed by atoms with E-state index in [2.05, 4.69) is 9.97 Å². The average molecular weight is 552 g/mol. The lowest BCUT2D eigenvalue weighted by atomic mass is 9.93. The van der Waals surface area contributed by atoms with Crippen molar-refractivity contribution in [3.63, 3.8) is 0 Å². The first-order chi connectivity index (χ1) is 19.0. The third-order valence-electron chi connectivity index (χ3n) is 6.03. The van der Waals surface area contributed by atoms with Gasteiger partial charge in [-0.2, -0.15) is 9.37 Å². The maximum absolute atomic E-state index is 16.2. The molecule has 7 N–H and O–H groups in total. The minimum Gasteiger partial charge on any atom is -0.480 e. The number of carboxylic acids is 1. The summed E-state index contributed by atoms with van der Waals surface area (Å²) in [6.45, 7) is 0. The number of anilines is 1. The molecule has 0 fully saturated rings. The van der Waals surface area contributed by atoms with Gasteiger partial charge < -0.3 is 27.0 Å². The number of aliphatic carboxylic acids is 1. The van der Waals surface area contributed by atoms with E-state index in [0.29, 0.717) is 11.1 Å². The molecular weight excluding hydrogens is 527 g/mol. The van der Waals surface area contributed by atoms with Crippen molar-refractivity contribution in [1.82, 2.24) is 9.97 Å². The number of nitrogen functional groups attached to an aromatic ring is 1. The zero-order valence-electron chi connectivity index (χ0n) is 20.8. The molecule has 0 saturated heterocycles. The molecule has 0 aliphatic rings. The maximum atomic E-state index is 16.2. The molecule has 0 radical (unpaired) electrons. The standard InChI is InChI=1S/C28H24F3N5O4/c29-26(30)28(31,20-7-2-1-6-19(20)17-4-3-5-18(13-17)24(33)37)40-23-14-22(35-27(34)36-23)16-10-8-15(9-11-16)12-21(32)25(38)39/h1-11,13-14,21,26H,12,32H2,(H2,33,37)(H,38,39)(H2,34,35,36)/t21-,28?/m0/s1. The molecule has 40 heavy (non-hydrogen) atoms. The predicted molar refractivity (Wildman–Crippen MR) is 141 cm³/mol. The molecule has 9 nitrogen and oxygen atoms in total. The highest BCUT2D eigenvalue weighted by Crippen LogP contribution is 2.41. The van der Waals surface area contributed by atoms with Gasteiger partial charge in [-0.05, 0) is 35.2 Å². The van der Waals surface area contributed by atoms with Crippen molar-refractivity contribution in [2.45, 2.75) is 24.7 Å². The number of halogens is 3. The van der Waals surface area contributed by atoms with Gasteiger partial charge in [-0.1, -0.05) is 60.7 Å². The van der Waals surface area contributed by atoms with Crippen LogP contribution in [-0.4, -0.2) is 39.4 Å². The van der Waals surface area contributed by atoms with Gasteiger partial charge in [0.1, 0.15) is 6.04 Å². The molecule has 3 aromatic carbocycles. The molecule has 0 aliphatic carbocycles. The Morgan fingerprint density at radius 2 is 1.65 bits per heavy atom. The number of nitrogens with two attached hydrogens (primary N) is 3. The number of hydrogen-bond donors (Lipinski definition) is 4. The van der Waals surface area contributed by atoms with E-state index < -0.39 is 41.6 Å². The highest BCUT2D eigenvalue weighted by molar-refractivity contribution is 5.94.